The van der Waals surface area contributed by atoms with Crippen LogP contribution in [0.1, 0.15) is 38.4 Å². The van der Waals surface area contributed by atoms with Gasteiger partial charge in [0.15, 0.2) is 0 Å². The molecule has 0 aromatic carbocycles. The molecule has 0 spiro atoms. The highest BCUT2D eigenvalue weighted by Crippen LogP contribution is 2.09. The first kappa shape index (κ1) is 13.7. The van der Waals surface area contributed by atoms with Crippen LogP contribution in [-0.2, 0) is 16.6 Å². The Hall–Kier alpha value is -1.36. The van der Waals surface area contributed by atoms with Crippen molar-refractivity contribution < 1.29 is 9.53 Å². The molecule has 17 heavy (non-hydrogen) atoms. The van der Waals surface area contributed by atoms with Crippen LogP contribution < -0.4 is 5.32 Å². The van der Waals surface area contributed by atoms with Gasteiger partial charge in [0, 0.05) is 25.7 Å². The second-order valence-corrected chi connectivity index (χ2v) is 3.96. The minimum absolute atomic E-state index is 0.123. The molecule has 0 aliphatic carbocycles. The molecular weight excluding hydrogens is 218 g/mol. The second kappa shape index (κ2) is 7.06. The van der Waals surface area contributed by atoms with E-state index in [1.54, 1.807) is 6.20 Å². The number of rotatable bonds is 7. The molecule has 0 aliphatic heterocycles. The molecule has 0 aliphatic rings. The maximum atomic E-state index is 11.1. The molecule has 1 aromatic heterocycles. The Kier molecular flexibility index (Phi) is 5.69. The van der Waals surface area contributed by atoms with Crippen LogP contribution in [0, 0.1) is 0 Å². The molecule has 0 radical (unpaired) electrons. The average Bonchev–Trinajstić information content (AvgIpc) is 2.71. The van der Waals surface area contributed by atoms with Gasteiger partial charge in [-0.1, -0.05) is 0 Å². The number of nitrogens with one attached hydrogen (secondary N) is 1. The summed E-state index contributed by atoms with van der Waals surface area (Å²) in [6.45, 7) is 5.16. The lowest BCUT2D eigenvalue weighted by atomic mass is 10.2. The van der Waals surface area contributed by atoms with Gasteiger partial charge in [-0.3, -0.25) is 9.48 Å². The summed E-state index contributed by atoms with van der Waals surface area (Å²) < 4.78 is 6.71. The van der Waals surface area contributed by atoms with Crippen molar-refractivity contribution in [2.45, 2.75) is 32.7 Å². The number of aryl methyl sites for hydroxylation is 1. The molecule has 5 heteroatoms. The molecule has 96 valence electrons. The number of ether oxygens (including phenoxy) is 1. The first-order valence-corrected chi connectivity index (χ1v) is 6.02. The van der Waals surface area contributed by atoms with Gasteiger partial charge in [-0.15, -0.1) is 0 Å². The van der Waals surface area contributed by atoms with Gasteiger partial charge in [0.2, 0.25) is 0 Å². The molecule has 0 saturated heterocycles. The van der Waals surface area contributed by atoms with Crippen LogP contribution in [0.5, 0.6) is 0 Å². The van der Waals surface area contributed by atoms with Crippen molar-refractivity contribution in [1.29, 1.82) is 0 Å². The van der Waals surface area contributed by atoms with Crippen LogP contribution in [-0.4, -0.2) is 28.9 Å². The Labute approximate surface area is 102 Å². The molecule has 1 rings (SSSR count). The van der Waals surface area contributed by atoms with E-state index >= 15 is 0 Å². The van der Waals surface area contributed by atoms with Gasteiger partial charge < -0.3 is 10.1 Å². The Morgan fingerprint density at radius 3 is 3.00 bits per heavy atom. The summed E-state index contributed by atoms with van der Waals surface area (Å²) in [6.07, 6.45) is 3.05. The zero-order valence-corrected chi connectivity index (χ0v) is 10.8. The second-order valence-electron chi connectivity index (χ2n) is 3.96. The van der Waals surface area contributed by atoms with E-state index in [0.29, 0.717) is 13.0 Å². The van der Waals surface area contributed by atoms with E-state index in [1.165, 1.54) is 0 Å². The Bertz CT molecular complexity index is 349. The Balaban J connectivity index is 2.19. The Morgan fingerprint density at radius 2 is 2.41 bits per heavy atom. The largest absolute Gasteiger partial charge is 0.466 e. The van der Waals surface area contributed by atoms with Crippen molar-refractivity contribution in [3.05, 3.63) is 18.0 Å². The lowest BCUT2D eigenvalue weighted by Crippen LogP contribution is -2.22. The van der Waals surface area contributed by atoms with Gasteiger partial charge in [0.25, 0.3) is 0 Å². The first-order valence-electron chi connectivity index (χ1n) is 6.02. The molecule has 5 nitrogen and oxygen atoms in total. The molecule has 0 amide bonds. The molecule has 1 atom stereocenters. The lowest BCUT2D eigenvalue weighted by molar-refractivity contribution is -0.143. The fourth-order valence-corrected chi connectivity index (χ4v) is 1.70. The van der Waals surface area contributed by atoms with Crippen LogP contribution in [0.25, 0.3) is 0 Å². The van der Waals surface area contributed by atoms with Crippen molar-refractivity contribution in [3.8, 4) is 0 Å². The molecule has 1 N–H and O–H groups in total. The lowest BCUT2D eigenvalue weighted by Gasteiger charge is -2.13. The number of carbonyl (C=O) groups is 1. The minimum Gasteiger partial charge on any atom is -0.466 e. The number of carbonyl (C=O) groups excluding carboxylic acids is 1. The van der Waals surface area contributed by atoms with Gasteiger partial charge >= 0.3 is 5.97 Å². The minimum atomic E-state index is -0.123. The third kappa shape index (κ3) is 4.56. The maximum Gasteiger partial charge on any atom is 0.305 e. The topological polar surface area (TPSA) is 56.1 Å². The van der Waals surface area contributed by atoms with Crippen molar-refractivity contribution >= 4 is 5.97 Å². The highest BCUT2D eigenvalue weighted by molar-refractivity contribution is 5.69. The normalized spacial score (nSPS) is 12.4. The highest BCUT2D eigenvalue weighted by Gasteiger charge is 2.08. The molecule has 1 unspecified atom stereocenters. The predicted octanol–water partition coefficient (Wildman–Crippen LogP) is 1.41. The van der Waals surface area contributed by atoms with E-state index in [2.05, 4.69) is 17.3 Å². The summed E-state index contributed by atoms with van der Waals surface area (Å²) in [5.74, 6) is -0.123. The number of esters is 1. The standard InChI is InChI=1S/C12H21N3O2/c1-4-17-12(16)6-5-8-13-10(2)11-7-9-14-15(11)3/h7,9-10,13H,4-6,8H2,1-3H3. The smallest absolute Gasteiger partial charge is 0.305 e. The summed E-state index contributed by atoms with van der Waals surface area (Å²) in [5.41, 5.74) is 1.14. The number of hydrogen-bond acceptors (Lipinski definition) is 4. The van der Waals surface area contributed by atoms with Gasteiger partial charge in [0.05, 0.1) is 12.3 Å². The molecule has 0 bridgehead atoms. The number of nitrogens with zero attached hydrogens (tertiary/aromatic N) is 2. The van der Waals surface area contributed by atoms with Crippen LogP contribution >= 0.6 is 0 Å². The fraction of sp³-hybridized carbons (Fsp3) is 0.667. The zero-order chi connectivity index (χ0) is 12.7. The maximum absolute atomic E-state index is 11.1. The van der Waals surface area contributed by atoms with Gasteiger partial charge in [-0.2, -0.15) is 5.10 Å². The average molecular weight is 239 g/mol. The van der Waals surface area contributed by atoms with E-state index in [0.717, 1.165) is 18.7 Å². The van der Waals surface area contributed by atoms with Crippen molar-refractivity contribution in [2.75, 3.05) is 13.2 Å². The summed E-state index contributed by atoms with van der Waals surface area (Å²) in [7, 11) is 1.92. The number of aromatic nitrogens is 2. The first-order chi connectivity index (χ1) is 8.15. The molecule has 1 heterocycles. The molecular formula is C12H21N3O2. The molecule has 0 saturated carbocycles. The van der Waals surface area contributed by atoms with Gasteiger partial charge in [-0.25, -0.2) is 0 Å². The number of hydrogen-bond donors (Lipinski definition) is 1. The van der Waals surface area contributed by atoms with Crippen LogP contribution in [0.2, 0.25) is 0 Å². The molecule has 1 aromatic rings. The van der Waals surface area contributed by atoms with Crippen molar-refractivity contribution in [2.24, 2.45) is 7.05 Å². The van der Waals surface area contributed by atoms with E-state index in [9.17, 15) is 4.79 Å². The van der Waals surface area contributed by atoms with E-state index in [4.69, 9.17) is 4.74 Å². The van der Waals surface area contributed by atoms with Crippen molar-refractivity contribution in [3.63, 3.8) is 0 Å². The summed E-state index contributed by atoms with van der Waals surface area (Å²) in [4.78, 5) is 11.1. The van der Waals surface area contributed by atoms with E-state index < -0.39 is 0 Å². The third-order valence-corrected chi connectivity index (χ3v) is 2.62. The monoisotopic (exact) mass is 239 g/mol. The van der Waals surface area contributed by atoms with E-state index in [1.807, 2.05) is 24.7 Å². The van der Waals surface area contributed by atoms with Gasteiger partial charge in [0.1, 0.15) is 0 Å². The van der Waals surface area contributed by atoms with E-state index in [-0.39, 0.29) is 12.0 Å². The summed E-state index contributed by atoms with van der Waals surface area (Å²) in [6, 6.07) is 2.23. The summed E-state index contributed by atoms with van der Waals surface area (Å²) in [5, 5.41) is 7.48. The van der Waals surface area contributed by atoms with Crippen LogP contribution in [0.4, 0.5) is 0 Å². The summed E-state index contributed by atoms with van der Waals surface area (Å²) >= 11 is 0. The predicted molar refractivity (Wildman–Crippen MR) is 65.5 cm³/mol. The molecule has 0 fully saturated rings. The Morgan fingerprint density at radius 1 is 1.65 bits per heavy atom. The quantitative estimate of drug-likeness (QED) is 0.577. The van der Waals surface area contributed by atoms with Crippen LogP contribution in [0.3, 0.4) is 0 Å². The van der Waals surface area contributed by atoms with Crippen LogP contribution in [0.15, 0.2) is 12.3 Å². The SMILES string of the molecule is CCOC(=O)CCCNC(C)c1ccnn1C. The highest BCUT2D eigenvalue weighted by atomic mass is 16.5. The van der Waals surface area contributed by atoms with Gasteiger partial charge in [-0.05, 0) is 32.9 Å². The fourth-order valence-electron chi connectivity index (χ4n) is 1.70. The third-order valence-electron chi connectivity index (χ3n) is 2.62. The van der Waals surface area contributed by atoms with Crippen molar-refractivity contribution in [1.82, 2.24) is 15.1 Å². The zero-order valence-electron chi connectivity index (χ0n) is 10.8.